The van der Waals surface area contributed by atoms with Gasteiger partial charge in [-0.05, 0) is 19.1 Å². The zero-order chi connectivity index (χ0) is 8.97. The van der Waals surface area contributed by atoms with Crippen LogP contribution < -0.4 is 9.64 Å². The molecule has 65 valence electrons. The number of hydrogen-bond donors (Lipinski definition) is 0. The fourth-order valence-electron chi connectivity index (χ4n) is 1.06. The summed E-state index contributed by atoms with van der Waals surface area (Å²) >= 11 is 0. The molecule has 2 heteroatoms. The predicted molar refractivity (Wildman–Crippen MR) is 51.6 cm³/mol. The predicted octanol–water partition coefficient (Wildman–Crippen LogP) is 1.97. The molecular weight excluding hydrogens is 150 g/mol. The van der Waals surface area contributed by atoms with E-state index in [0.29, 0.717) is 6.61 Å². The minimum Gasteiger partial charge on any atom is -0.491 e. The molecule has 12 heavy (non-hydrogen) atoms. The van der Waals surface area contributed by atoms with E-state index >= 15 is 0 Å². The largest absolute Gasteiger partial charge is 0.491 e. The molecule has 0 heterocycles. The number of ether oxygens (including phenoxy) is 1. The van der Waals surface area contributed by atoms with Gasteiger partial charge in [-0.3, -0.25) is 0 Å². The Kier molecular flexibility index (Phi) is 2.97. The van der Waals surface area contributed by atoms with Crippen molar-refractivity contribution in [2.45, 2.75) is 0 Å². The highest BCUT2D eigenvalue weighted by molar-refractivity contribution is 5.57. The Balaban J connectivity index is 2.92. The van der Waals surface area contributed by atoms with E-state index in [2.05, 4.69) is 6.92 Å². The quantitative estimate of drug-likeness (QED) is 0.677. The van der Waals surface area contributed by atoms with Crippen molar-refractivity contribution < 1.29 is 4.74 Å². The SMILES string of the molecule is [CH2]COc1ccccc1N(C)C. The Hall–Kier alpha value is -1.18. The van der Waals surface area contributed by atoms with Gasteiger partial charge in [-0.2, -0.15) is 0 Å². The highest BCUT2D eigenvalue weighted by Crippen LogP contribution is 2.25. The normalized spacial score (nSPS) is 9.58. The first-order chi connectivity index (χ1) is 5.75. The smallest absolute Gasteiger partial charge is 0.142 e. The first-order valence-corrected chi connectivity index (χ1v) is 3.94. The summed E-state index contributed by atoms with van der Waals surface area (Å²) in [6, 6.07) is 7.91. The second-order valence-corrected chi connectivity index (χ2v) is 2.71. The fourth-order valence-corrected chi connectivity index (χ4v) is 1.06. The lowest BCUT2D eigenvalue weighted by Crippen LogP contribution is -2.10. The highest BCUT2D eigenvalue weighted by Gasteiger charge is 2.02. The van der Waals surface area contributed by atoms with Gasteiger partial charge in [0.25, 0.3) is 0 Å². The molecule has 1 aromatic carbocycles. The van der Waals surface area contributed by atoms with Gasteiger partial charge in [0.15, 0.2) is 0 Å². The molecule has 0 amide bonds. The minimum absolute atomic E-state index is 0.463. The van der Waals surface area contributed by atoms with Crippen molar-refractivity contribution in [1.82, 2.24) is 0 Å². The van der Waals surface area contributed by atoms with Gasteiger partial charge in [0, 0.05) is 14.1 Å². The topological polar surface area (TPSA) is 12.5 Å². The van der Waals surface area contributed by atoms with E-state index in [1.165, 1.54) is 0 Å². The summed E-state index contributed by atoms with van der Waals surface area (Å²) in [7, 11) is 3.98. The maximum atomic E-state index is 5.35. The number of nitrogens with zero attached hydrogens (tertiary/aromatic N) is 1. The molecule has 0 unspecified atom stereocenters. The van der Waals surface area contributed by atoms with Gasteiger partial charge in [0.05, 0.1) is 12.3 Å². The third-order valence-corrected chi connectivity index (χ3v) is 1.60. The van der Waals surface area contributed by atoms with Crippen LogP contribution in [0, 0.1) is 6.92 Å². The average Bonchev–Trinajstić information content (AvgIpc) is 2.05. The van der Waals surface area contributed by atoms with Crippen LogP contribution in [-0.2, 0) is 0 Å². The Morgan fingerprint density at radius 2 is 2.00 bits per heavy atom. The van der Waals surface area contributed by atoms with Crippen LogP contribution >= 0.6 is 0 Å². The molecule has 0 aliphatic rings. The van der Waals surface area contributed by atoms with E-state index in [1.54, 1.807) is 0 Å². The summed E-state index contributed by atoms with van der Waals surface area (Å²) in [4.78, 5) is 2.02. The summed E-state index contributed by atoms with van der Waals surface area (Å²) in [6.45, 7) is 4.10. The molecule has 0 spiro atoms. The van der Waals surface area contributed by atoms with Crippen molar-refractivity contribution in [3.63, 3.8) is 0 Å². The van der Waals surface area contributed by atoms with Crippen molar-refractivity contribution >= 4 is 5.69 Å². The molecule has 0 fully saturated rings. The maximum absolute atomic E-state index is 5.35. The second kappa shape index (κ2) is 4.00. The van der Waals surface area contributed by atoms with E-state index in [4.69, 9.17) is 4.74 Å². The molecule has 0 bridgehead atoms. The number of benzene rings is 1. The fraction of sp³-hybridized carbons (Fsp3) is 0.300. The van der Waals surface area contributed by atoms with Gasteiger partial charge in [-0.25, -0.2) is 0 Å². The molecule has 0 aliphatic heterocycles. The van der Waals surface area contributed by atoms with Gasteiger partial charge in [0.1, 0.15) is 5.75 Å². The van der Waals surface area contributed by atoms with Gasteiger partial charge in [0.2, 0.25) is 0 Å². The number of hydrogen-bond acceptors (Lipinski definition) is 2. The summed E-state index contributed by atoms with van der Waals surface area (Å²) in [5, 5.41) is 0. The third-order valence-electron chi connectivity index (χ3n) is 1.60. The molecule has 1 radical (unpaired) electrons. The van der Waals surface area contributed by atoms with Crippen LogP contribution in [0.1, 0.15) is 0 Å². The Morgan fingerprint density at radius 1 is 1.33 bits per heavy atom. The molecule has 2 nitrogen and oxygen atoms in total. The second-order valence-electron chi connectivity index (χ2n) is 2.71. The summed E-state index contributed by atoms with van der Waals surface area (Å²) in [5.74, 6) is 0.887. The number of rotatable bonds is 3. The van der Waals surface area contributed by atoms with Gasteiger partial charge < -0.3 is 9.64 Å². The van der Waals surface area contributed by atoms with Crippen molar-refractivity contribution in [3.8, 4) is 5.75 Å². The van der Waals surface area contributed by atoms with Crippen LogP contribution in [-0.4, -0.2) is 20.7 Å². The first kappa shape index (κ1) is 8.91. The molecule has 1 aromatic rings. The zero-order valence-corrected chi connectivity index (χ0v) is 7.58. The van der Waals surface area contributed by atoms with Crippen molar-refractivity contribution in [1.29, 1.82) is 0 Å². The summed E-state index contributed by atoms with van der Waals surface area (Å²) in [6.07, 6.45) is 0. The standard InChI is InChI=1S/C10H14NO/c1-4-12-10-8-6-5-7-9(10)11(2)3/h5-8H,1,4H2,2-3H3. The summed E-state index contributed by atoms with van der Waals surface area (Å²) < 4.78 is 5.35. The van der Waals surface area contributed by atoms with Gasteiger partial charge >= 0.3 is 0 Å². The molecular formula is C10H14NO. The summed E-state index contributed by atoms with van der Waals surface area (Å²) in [5.41, 5.74) is 1.08. The monoisotopic (exact) mass is 164 g/mol. The Bertz CT molecular complexity index is 245. The molecule has 0 saturated carbocycles. The molecule has 1 rings (SSSR count). The molecule has 0 aromatic heterocycles. The number of para-hydroxylation sites is 2. The lowest BCUT2D eigenvalue weighted by molar-refractivity contribution is 0.362. The first-order valence-electron chi connectivity index (χ1n) is 3.94. The third kappa shape index (κ3) is 1.91. The van der Waals surface area contributed by atoms with Gasteiger partial charge in [-0.1, -0.05) is 12.1 Å². The maximum Gasteiger partial charge on any atom is 0.142 e. The molecule has 0 N–H and O–H groups in total. The van der Waals surface area contributed by atoms with Crippen LogP contribution in [0.15, 0.2) is 24.3 Å². The van der Waals surface area contributed by atoms with Crippen molar-refractivity contribution in [2.75, 3.05) is 25.6 Å². The van der Waals surface area contributed by atoms with E-state index in [1.807, 2.05) is 43.3 Å². The van der Waals surface area contributed by atoms with Crippen molar-refractivity contribution in [3.05, 3.63) is 31.2 Å². The highest BCUT2D eigenvalue weighted by atomic mass is 16.5. The van der Waals surface area contributed by atoms with Gasteiger partial charge in [-0.15, -0.1) is 0 Å². The van der Waals surface area contributed by atoms with E-state index in [0.717, 1.165) is 11.4 Å². The van der Waals surface area contributed by atoms with Crippen LogP contribution in [0.25, 0.3) is 0 Å². The van der Waals surface area contributed by atoms with E-state index < -0.39 is 0 Å². The molecule has 0 saturated heterocycles. The van der Waals surface area contributed by atoms with Crippen molar-refractivity contribution in [2.24, 2.45) is 0 Å². The number of anilines is 1. The lowest BCUT2D eigenvalue weighted by atomic mass is 10.3. The van der Waals surface area contributed by atoms with Crippen LogP contribution in [0.4, 0.5) is 5.69 Å². The van der Waals surface area contributed by atoms with E-state index in [-0.39, 0.29) is 0 Å². The molecule has 0 atom stereocenters. The average molecular weight is 164 g/mol. The Labute approximate surface area is 73.8 Å². The Morgan fingerprint density at radius 3 is 2.58 bits per heavy atom. The van der Waals surface area contributed by atoms with Crippen LogP contribution in [0.5, 0.6) is 5.75 Å². The molecule has 0 aliphatic carbocycles. The van der Waals surface area contributed by atoms with Crippen LogP contribution in [0.3, 0.4) is 0 Å². The van der Waals surface area contributed by atoms with Crippen LogP contribution in [0.2, 0.25) is 0 Å². The van der Waals surface area contributed by atoms with E-state index in [9.17, 15) is 0 Å². The minimum atomic E-state index is 0.463. The zero-order valence-electron chi connectivity index (χ0n) is 7.58. The lowest BCUT2D eigenvalue weighted by Gasteiger charge is -2.16.